The van der Waals surface area contributed by atoms with Gasteiger partial charge in [-0.2, -0.15) is 0 Å². The molecule has 1 fully saturated rings. The van der Waals surface area contributed by atoms with Gasteiger partial charge in [0, 0.05) is 12.8 Å². The first-order valence-corrected chi connectivity index (χ1v) is 5.16. The molecule has 0 bridgehead atoms. The summed E-state index contributed by atoms with van der Waals surface area (Å²) in [6.07, 6.45) is -0.265. The molecule has 0 radical (unpaired) electrons. The molecule has 15 heavy (non-hydrogen) atoms. The van der Waals surface area contributed by atoms with E-state index in [-0.39, 0.29) is 6.42 Å². The van der Waals surface area contributed by atoms with Gasteiger partial charge in [-0.3, -0.25) is 0 Å². The summed E-state index contributed by atoms with van der Waals surface area (Å²) >= 11 is 0. The lowest BCUT2D eigenvalue weighted by Gasteiger charge is -2.08. The third-order valence-corrected chi connectivity index (χ3v) is 2.74. The largest absolute Gasteiger partial charge is 0.390 e. The van der Waals surface area contributed by atoms with Gasteiger partial charge in [-0.15, -0.1) is 0 Å². The average molecular weight is 212 g/mol. The third kappa shape index (κ3) is 2.99. The summed E-state index contributed by atoms with van der Waals surface area (Å²) in [7, 11) is 0. The quantitative estimate of drug-likeness (QED) is 0.813. The predicted octanol–water partition coefficient (Wildman–Crippen LogP) is 2.56. The molecule has 3 heteroatoms. The fourth-order valence-corrected chi connectivity index (χ4v) is 1.75. The minimum Gasteiger partial charge on any atom is -0.390 e. The van der Waals surface area contributed by atoms with Crippen LogP contribution < -0.4 is 0 Å². The lowest BCUT2D eigenvalue weighted by molar-refractivity contribution is 0.148. The highest BCUT2D eigenvalue weighted by Crippen LogP contribution is 2.38. The first kappa shape index (κ1) is 10.6. The van der Waals surface area contributed by atoms with Crippen LogP contribution in [0.1, 0.15) is 24.0 Å². The Morgan fingerprint density at radius 2 is 1.93 bits per heavy atom. The van der Waals surface area contributed by atoms with Crippen LogP contribution in [-0.2, 0) is 12.8 Å². The van der Waals surface area contributed by atoms with E-state index < -0.39 is 12.0 Å². The highest BCUT2D eigenvalue weighted by Gasteiger charge is 2.40. The van der Waals surface area contributed by atoms with Crippen LogP contribution in [0.25, 0.3) is 0 Å². The van der Waals surface area contributed by atoms with Crippen LogP contribution in [0.2, 0.25) is 0 Å². The number of hydrogen-bond donors (Lipinski definition) is 1. The Kier molecular flexibility index (Phi) is 2.74. The second-order valence-electron chi connectivity index (χ2n) is 4.32. The monoisotopic (exact) mass is 212 g/mol. The van der Waals surface area contributed by atoms with Gasteiger partial charge in [-0.05, 0) is 24.0 Å². The van der Waals surface area contributed by atoms with Crippen molar-refractivity contribution in [2.75, 3.05) is 0 Å². The Labute approximate surface area is 87.7 Å². The van der Waals surface area contributed by atoms with Crippen LogP contribution in [-0.4, -0.2) is 17.1 Å². The fraction of sp³-hybridized carbons (Fsp3) is 0.500. The molecular formula is C12H14F2O. The average Bonchev–Trinajstić information content (AvgIpc) is 2.82. The molecule has 0 atom stereocenters. The van der Waals surface area contributed by atoms with Crippen LogP contribution in [0.3, 0.4) is 0 Å². The molecule has 1 saturated carbocycles. The smallest absolute Gasteiger partial charge is 0.242 e. The van der Waals surface area contributed by atoms with Crippen LogP contribution in [0.4, 0.5) is 8.78 Å². The number of hydrogen-bond acceptors (Lipinski definition) is 1. The molecule has 0 aliphatic heterocycles. The molecule has 82 valence electrons. The summed E-state index contributed by atoms with van der Waals surface area (Å²) in [4.78, 5) is 0. The van der Waals surface area contributed by atoms with Crippen molar-refractivity contribution in [2.24, 2.45) is 0 Å². The number of benzene rings is 1. The molecule has 0 saturated heterocycles. The van der Waals surface area contributed by atoms with Gasteiger partial charge in [0.25, 0.3) is 0 Å². The fourth-order valence-electron chi connectivity index (χ4n) is 1.75. The van der Waals surface area contributed by atoms with Crippen LogP contribution in [0, 0.1) is 0 Å². The zero-order valence-electron chi connectivity index (χ0n) is 8.42. The second-order valence-corrected chi connectivity index (χ2v) is 4.32. The molecule has 1 aliphatic rings. The highest BCUT2D eigenvalue weighted by atomic mass is 19.3. The van der Waals surface area contributed by atoms with E-state index in [2.05, 4.69) is 0 Å². The molecule has 1 aliphatic carbocycles. The van der Waals surface area contributed by atoms with E-state index in [1.165, 1.54) is 0 Å². The number of rotatable bonds is 4. The molecule has 0 spiro atoms. The van der Waals surface area contributed by atoms with Crippen molar-refractivity contribution in [2.45, 2.75) is 37.7 Å². The van der Waals surface area contributed by atoms with Gasteiger partial charge >= 0.3 is 0 Å². The van der Waals surface area contributed by atoms with Crippen molar-refractivity contribution in [1.82, 2.24) is 0 Å². The molecule has 0 heterocycles. The van der Waals surface area contributed by atoms with Crippen LogP contribution >= 0.6 is 0 Å². The Morgan fingerprint density at radius 1 is 1.27 bits per heavy atom. The van der Waals surface area contributed by atoms with Gasteiger partial charge in [0.1, 0.15) is 0 Å². The zero-order valence-corrected chi connectivity index (χ0v) is 8.42. The van der Waals surface area contributed by atoms with E-state index in [0.717, 1.165) is 18.4 Å². The minimum atomic E-state index is -2.30. The van der Waals surface area contributed by atoms with Crippen molar-refractivity contribution < 1.29 is 13.9 Å². The number of alkyl halides is 2. The van der Waals surface area contributed by atoms with Crippen molar-refractivity contribution in [1.29, 1.82) is 0 Å². The number of halogens is 2. The Balaban J connectivity index is 2.05. The molecule has 1 N–H and O–H groups in total. The predicted molar refractivity (Wildman–Crippen MR) is 54.0 cm³/mol. The Bertz CT molecular complexity index is 345. The van der Waals surface area contributed by atoms with Gasteiger partial charge in [-0.1, -0.05) is 24.3 Å². The maximum absolute atomic E-state index is 12.2. The van der Waals surface area contributed by atoms with Gasteiger partial charge in [0.05, 0.1) is 5.60 Å². The standard InChI is InChI=1S/C12H14F2O/c13-11(14)7-9-2-1-3-10(6-9)8-12(15)4-5-12/h1-3,6,11,15H,4-5,7-8H2. The summed E-state index contributed by atoms with van der Waals surface area (Å²) in [5.74, 6) is 0. The van der Waals surface area contributed by atoms with Gasteiger partial charge in [0.15, 0.2) is 0 Å². The normalized spacial score (nSPS) is 18.1. The van der Waals surface area contributed by atoms with E-state index in [9.17, 15) is 13.9 Å². The highest BCUT2D eigenvalue weighted by molar-refractivity contribution is 5.26. The third-order valence-electron chi connectivity index (χ3n) is 2.74. The van der Waals surface area contributed by atoms with Gasteiger partial charge in [0.2, 0.25) is 6.43 Å². The first-order chi connectivity index (χ1) is 7.07. The van der Waals surface area contributed by atoms with Crippen molar-refractivity contribution in [3.05, 3.63) is 35.4 Å². The molecule has 1 aromatic rings. The molecule has 0 amide bonds. The van der Waals surface area contributed by atoms with E-state index >= 15 is 0 Å². The molecule has 0 aromatic heterocycles. The van der Waals surface area contributed by atoms with Crippen LogP contribution in [0.5, 0.6) is 0 Å². The molecule has 1 nitrogen and oxygen atoms in total. The maximum Gasteiger partial charge on any atom is 0.242 e. The Morgan fingerprint density at radius 3 is 2.53 bits per heavy atom. The SMILES string of the molecule is OC1(Cc2cccc(CC(F)F)c2)CC1. The van der Waals surface area contributed by atoms with E-state index in [1.54, 1.807) is 18.2 Å². The maximum atomic E-state index is 12.2. The number of aliphatic hydroxyl groups is 1. The summed E-state index contributed by atoms with van der Waals surface area (Å²) in [6.45, 7) is 0. The lowest BCUT2D eigenvalue weighted by atomic mass is 10.0. The van der Waals surface area contributed by atoms with Gasteiger partial charge in [-0.25, -0.2) is 8.78 Å². The summed E-state index contributed by atoms with van der Waals surface area (Å²) in [5, 5.41) is 9.71. The minimum absolute atomic E-state index is 0.202. The zero-order chi connectivity index (χ0) is 10.9. The first-order valence-electron chi connectivity index (χ1n) is 5.16. The molecule has 0 unspecified atom stereocenters. The summed E-state index contributed by atoms with van der Waals surface area (Å²) in [6, 6.07) is 7.12. The lowest BCUT2D eigenvalue weighted by Crippen LogP contribution is -2.10. The second kappa shape index (κ2) is 3.89. The van der Waals surface area contributed by atoms with E-state index in [0.29, 0.717) is 12.0 Å². The van der Waals surface area contributed by atoms with Crippen molar-refractivity contribution >= 4 is 0 Å². The van der Waals surface area contributed by atoms with E-state index in [1.807, 2.05) is 6.07 Å². The topological polar surface area (TPSA) is 20.2 Å². The summed E-state index contributed by atoms with van der Waals surface area (Å²) < 4.78 is 24.3. The molecular weight excluding hydrogens is 198 g/mol. The summed E-state index contributed by atoms with van der Waals surface area (Å²) in [5.41, 5.74) is 1.05. The van der Waals surface area contributed by atoms with Gasteiger partial charge < -0.3 is 5.11 Å². The Hall–Kier alpha value is -0.960. The molecule has 1 aromatic carbocycles. The van der Waals surface area contributed by atoms with E-state index in [4.69, 9.17) is 0 Å². The van der Waals surface area contributed by atoms with Crippen LogP contribution in [0.15, 0.2) is 24.3 Å². The van der Waals surface area contributed by atoms with Crippen molar-refractivity contribution in [3.63, 3.8) is 0 Å². The molecule has 2 rings (SSSR count). The van der Waals surface area contributed by atoms with Crippen molar-refractivity contribution in [3.8, 4) is 0 Å².